The largest absolute Gasteiger partial charge is 0.333 e. The van der Waals surface area contributed by atoms with Crippen LogP contribution in [0.4, 0.5) is 0 Å². The molecule has 0 aliphatic heterocycles. The molecule has 0 fully saturated rings. The predicted octanol–water partition coefficient (Wildman–Crippen LogP) is 1.84. The first-order chi connectivity index (χ1) is 4.00. The molecule has 0 saturated carbocycles. The second-order valence-electron chi connectivity index (χ2n) is 1.15. The zero-order chi connectivity index (χ0) is 6.24. The first-order valence-electron chi connectivity index (χ1n) is 2.58. The van der Waals surface area contributed by atoms with Gasteiger partial charge in [-0.15, -0.1) is 17.0 Å². The molecule has 2 N–H and O–H groups in total. The van der Waals surface area contributed by atoms with E-state index >= 15 is 0 Å². The Morgan fingerprint density at radius 1 is 0.667 bits per heavy atom. The van der Waals surface area contributed by atoms with Crippen molar-refractivity contribution in [1.82, 2.24) is 0 Å². The lowest BCUT2D eigenvalue weighted by Crippen LogP contribution is -1.69. The number of rotatable bonds is 0. The summed E-state index contributed by atoms with van der Waals surface area (Å²) in [5, 5.41) is 0. The van der Waals surface area contributed by atoms with E-state index in [0.29, 0.717) is 0 Å². The highest BCUT2D eigenvalue weighted by Crippen LogP contribution is 1.79. The Morgan fingerprint density at radius 3 is 0.889 bits per heavy atom. The fourth-order valence-corrected chi connectivity index (χ4v) is 0.385. The van der Waals surface area contributed by atoms with E-state index in [1.165, 1.54) is 7.05 Å². The van der Waals surface area contributed by atoms with E-state index in [9.17, 15) is 0 Å². The van der Waals surface area contributed by atoms with Gasteiger partial charge in [0.1, 0.15) is 0 Å². The molecule has 0 amide bonds. The average Bonchev–Trinajstić information content (AvgIpc) is 1.96. The zero-order valence-corrected chi connectivity index (χ0v) is 7.16. The standard InChI is InChI=1S/C6H6.CH5N.BrH/c1-2-4-6-5-3-1;1-2;/h1-6H;2H2,1H3;1H. The maximum Gasteiger partial charge on any atom is -0.0195 e. The summed E-state index contributed by atoms with van der Waals surface area (Å²) >= 11 is 0. The van der Waals surface area contributed by atoms with Gasteiger partial charge in [-0.25, -0.2) is 0 Å². The predicted molar refractivity (Wildman–Crippen MR) is 46.9 cm³/mol. The lowest BCUT2D eigenvalue weighted by molar-refractivity contribution is 1.48. The Balaban J connectivity index is 0. The molecule has 52 valence electrons. The third-order valence-corrected chi connectivity index (χ3v) is 0.667. The summed E-state index contributed by atoms with van der Waals surface area (Å²) in [6.07, 6.45) is 0. The van der Waals surface area contributed by atoms with Gasteiger partial charge in [0.25, 0.3) is 0 Å². The monoisotopic (exact) mass is 189 g/mol. The van der Waals surface area contributed by atoms with Gasteiger partial charge in [-0.1, -0.05) is 36.4 Å². The Kier molecular flexibility index (Phi) is 13.5. The molecule has 0 aromatic heterocycles. The summed E-state index contributed by atoms with van der Waals surface area (Å²) < 4.78 is 0. The molecule has 0 saturated heterocycles. The highest BCUT2D eigenvalue weighted by Gasteiger charge is 1.57. The van der Waals surface area contributed by atoms with Crippen LogP contribution in [0, 0.1) is 0 Å². The van der Waals surface area contributed by atoms with Crippen LogP contribution in [0.15, 0.2) is 36.4 Å². The van der Waals surface area contributed by atoms with Crippen molar-refractivity contribution < 1.29 is 0 Å². The Hall–Kier alpha value is -0.340. The second-order valence-corrected chi connectivity index (χ2v) is 1.15. The fraction of sp³-hybridized carbons (Fsp3) is 0.143. The topological polar surface area (TPSA) is 26.0 Å². The number of benzene rings is 1. The van der Waals surface area contributed by atoms with Gasteiger partial charge in [-0.05, 0) is 7.05 Å². The first kappa shape index (κ1) is 11.5. The maximum atomic E-state index is 4.50. The number of hydrogen-bond donors (Lipinski definition) is 1. The lowest BCUT2D eigenvalue weighted by atomic mass is 10.4. The maximum absolute atomic E-state index is 4.50. The van der Waals surface area contributed by atoms with Gasteiger partial charge in [-0.2, -0.15) is 0 Å². The van der Waals surface area contributed by atoms with Crippen LogP contribution in [-0.2, 0) is 0 Å². The molecule has 0 heterocycles. The van der Waals surface area contributed by atoms with E-state index in [2.05, 4.69) is 5.73 Å². The molecular formula is C7H12BrN. The number of halogens is 1. The zero-order valence-electron chi connectivity index (χ0n) is 5.45. The van der Waals surface area contributed by atoms with Crippen LogP contribution in [-0.4, -0.2) is 7.05 Å². The summed E-state index contributed by atoms with van der Waals surface area (Å²) in [6.45, 7) is 0. The molecule has 0 aliphatic carbocycles. The van der Waals surface area contributed by atoms with Crippen molar-refractivity contribution in [1.29, 1.82) is 0 Å². The minimum Gasteiger partial charge on any atom is -0.333 e. The van der Waals surface area contributed by atoms with Crippen molar-refractivity contribution in [3.63, 3.8) is 0 Å². The first-order valence-corrected chi connectivity index (χ1v) is 2.58. The molecule has 9 heavy (non-hydrogen) atoms. The van der Waals surface area contributed by atoms with Gasteiger partial charge >= 0.3 is 0 Å². The SMILES string of the molecule is Br.CN.c1ccccc1. The Labute approximate surface area is 66.7 Å². The van der Waals surface area contributed by atoms with Crippen LogP contribution < -0.4 is 5.73 Å². The van der Waals surface area contributed by atoms with Gasteiger partial charge in [-0.3, -0.25) is 0 Å². The lowest BCUT2D eigenvalue weighted by Gasteiger charge is -1.69. The summed E-state index contributed by atoms with van der Waals surface area (Å²) in [6, 6.07) is 12.0. The normalized spacial score (nSPS) is 6.00. The van der Waals surface area contributed by atoms with Crippen molar-refractivity contribution in [3.05, 3.63) is 36.4 Å². The van der Waals surface area contributed by atoms with Crippen LogP contribution in [0.25, 0.3) is 0 Å². The van der Waals surface area contributed by atoms with Crippen molar-refractivity contribution in [2.45, 2.75) is 0 Å². The van der Waals surface area contributed by atoms with Crippen LogP contribution in [0.5, 0.6) is 0 Å². The highest BCUT2D eigenvalue weighted by atomic mass is 79.9. The molecule has 0 bridgehead atoms. The van der Waals surface area contributed by atoms with Gasteiger partial charge in [0.05, 0.1) is 0 Å². The molecule has 1 aromatic carbocycles. The van der Waals surface area contributed by atoms with E-state index < -0.39 is 0 Å². The smallest absolute Gasteiger partial charge is 0.0195 e. The van der Waals surface area contributed by atoms with Gasteiger partial charge in [0.2, 0.25) is 0 Å². The summed E-state index contributed by atoms with van der Waals surface area (Å²) in [7, 11) is 1.50. The van der Waals surface area contributed by atoms with Gasteiger partial charge < -0.3 is 5.73 Å². The van der Waals surface area contributed by atoms with E-state index in [-0.39, 0.29) is 17.0 Å². The quantitative estimate of drug-likeness (QED) is 0.663. The van der Waals surface area contributed by atoms with E-state index in [1.807, 2.05) is 36.4 Å². The highest BCUT2D eigenvalue weighted by molar-refractivity contribution is 8.93. The van der Waals surface area contributed by atoms with Crippen LogP contribution in [0.3, 0.4) is 0 Å². The molecular weight excluding hydrogens is 178 g/mol. The number of nitrogens with two attached hydrogens (primary N) is 1. The van der Waals surface area contributed by atoms with E-state index in [1.54, 1.807) is 0 Å². The second kappa shape index (κ2) is 10.6. The molecule has 0 spiro atoms. The Morgan fingerprint density at radius 2 is 0.778 bits per heavy atom. The van der Waals surface area contributed by atoms with Gasteiger partial charge in [0, 0.05) is 0 Å². The third kappa shape index (κ3) is 7.66. The fourth-order valence-electron chi connectivity index (χ4n) is 0.385. The molecule has 1 rings (SSSR count). The average molecular weight is 190 g/mol. The minimum absolute atomic E-state index is 0. The molecule has 0 aliphatic rings. The van der Waals surface area contributed by atoms with Crippen molar-refractivity contribution in [2.75, 3.05) is 7.05 Å². The molecule has 0 atom stereocenters. The van der Waals surface area contributed by atoms with Crippen molar-refractivity contribution >= 4 is 17.0 Å². The Bertz CT molecular complexity index is 80.8. The van der Waals surface area contributed by atoms with Gasteiger partial charge in [0.15, 0.2) is 0 Å². The van der Waals surface area contributed by atoms with Crippen molar-refractivity contribution in [3.8, 4) is 0 Å². The minimum atomic E-state index is 0. The molecule has 0 radical (unpaired) electrons. The van der Waals surface area contributed by atoms with E-state index in [0.717, 1.165) is 0 Å². The van der Waals surface area contributed by atoms with E-state index in [4.69, 9.17) is 0 Å². The molecule has 1 aromatic rings. The molecule has 0 unspecified atom stereocenters. The molecule has 1 nitrogen and oxygen atoms in total. The molecule has 2 heteroatoms. The van der Waals surface area contributed by atoms with Crippen LogP contribution in [0.2, 0.25) is 0 Å². The van der Waals surface area contributed by atoms with Crippen LogP contribution in [0.1, 0.15) is 0 Å². The summed E-state index contributed by atoms with van der Waals surface area (Å²) in [5.41, 5.74) is 4.50. The third-order valence-electron chi connectivity index (χ3n) is 0.667. The summed E-state index contributed by atoms with van der Waals surface area (Å²) in [5.74, 6) is 0. The van der Waals surface area contributed by atoms with Crippen LogP contribution >= 0.6 is 17.0 Å². The number of hydrogen-bond acceptors (Lipinski definition) is 1. The van der Waals surface area contributed by atoms with Crippen molar-refractivity contribution in [2.24, 2.45) is 5.73 Å². The summed E-state index contributed by atoms with van der Waals surface area (Å²) in [4.78, 5) is 0.